The van der Waals surface area contributed by atoms with Gasteiger partial charge in [-0.05, 0) is 24.6 Å². The summed E-state index contributed by atoms with van der Waals surface area (Å²) in [4.78, 5) is 14.1. The second kappa shape index (κ2) is 8.24. The Morgan fingerprint density at radius 3 is 2.77 bits per heavy atom. The van der Waals surface area contributed by atoms with Crippen LogP contribution in [0.15, 0.2) is 47.3 Å². The normalized spacial score (nSPS) is 10.5. The molecule has 5 heteroatoms. The monoisotopic (exact) mass is 303 g/mol. The highest BCUT2D eigenvalue weighted by atomic mass is 16.5. The average molecular weight is 303 g/mol. The quantitative estimate of drug-likeness (QED) is 0.752. The van der Waals surface area contributed by atoms with Crippen LogP contribution >= 0.6 is 0 Å². The maximum Gasteiger partial charge on any atom is 0.260 e. The van der Waals surface area contributed by atoms with Gasteiger partial charge < -0.3 is 18.8 Å². The molecule has 0 fully saturated rings. The van der Waals surface area contributed by atoms with Crippen LogP contribution in [0.5, 0.6) is 5.75 Å². The van der Waals surface area contributed by atoms with Gasteiger partial charge in [0, 0.05) is 25.8 Å². The molecule has 1 heterocycles. The van der Waals surface area contributed by atoms with Gasteiger partial charge in [0.25, 0.3) is 5.91 Å². The van der Waals surface area contributed by atoms with Crippen molar-refractivity contribution in [2.75, 3.05) is 26.9 Å². The maximum absolute atomic E-state index is 12.4. The summed E-state index contributed by atoms with van der Waals surface area (Å²) >= 11 is 0. The zero-order chi connectivity index (χ0) is 15.8. The third-order valence-electron chi connectivity index (χ3n) is 3.32. The molecule has 0 bridgehead atoms. The number of furan rings is 1. The van der Waals surface area contributed by atoms with Crippen LogP contribution in [-0.4, -0.2) is 37.7 Å². The summed E-state index contributed by atoms with van der Waals surface area (Å²) in [6.45, 7) is 3.43. The molecule has 0 unspecified atom stereocenters. The highest BCUT2D eigenvalue weighted by molar-refractivity contribution is 5.77. The topological polar surface area (TPSA) is 51.9 Å². The molecule has 0 aliphatic carbocycles. The van der Waals surface area contributed by atoms with Crippen molar-refractivity contribution >= 4 is 5.91 Å². The first-order valence-corrected chi connectivity index (χ1v) is 7.17. The van der Waals surface area contributed by atoms with Crippen LogP contribution in [-0.2, 0) is 16.1 Å². The van der Waals surface area contributed by atoms with Gasteiger partial charge in [-0.25, -0.2) is 0 Å². The highest BCUT2D eigenvalue weighted by Crippen LogP contribution is 2.16. The zero-order valence-corrected chi connectivity index (χ0v) is 13.0. The lowest BCUT2D eigenvalue weighted by Gasteiger charge is -2.22. The van der Waals surface area contributed by atoms with E-state index in [1.807, 2.05) is 37.3 Å². The maximum atomic E-state index is 12.4. The summed E-state index contributed by atoms with van der Waals surface area (Å²) in [6.07, 6.45) is 3.23. The smallest absolute Gasteiger partial charge is 0.260 e. The minimum absolute atomic E-state index is 0.00637. The van der Waals surface area contributed by atoms with E-state index in [0.717, 1.165) is 16.9 Å². The van der Waals surface area contributed by atoms with Crippen molar-refractivity contribution in [1.29, 1.82) is 0 Å². The first-order valence-electron chi connectivity index (χ1n) is 7.17. The number of hydrogen-bond acceptors (Lipinski definition) is 4. The minimum Gasteiger partial charge on any atom is -0.484 e. The Bertz CT molecular complexity index is 580. The third-order valence-corrected chi connectivity index (χ3v) is 3.32. The molecule has 22 heavy (non-hydrogen) atoms. The van der Waals surface area contributed by atoms with E-state index in [0.29, 0.717) is 19.7 Å². The van der Waals surface area contributed by atoms with E-state index in [4.69, 9.17) is 13.9 Å². The molecule has 5 nitrogen and oxygen atoms in total. The van der Waals surface area contributed by atoms with E-state index in [9.17, 15) is 4.79 Å². The lowest BCUT2D eigenvalue weighted by molar-refractivity contribution is -0.134. The van der Waals surface area contributed by atoms with Crippen LogP contribution in [0.1, 0.15) is 11.1 Å². The number of aryl methyl sites for hydroxylation is 1. The highest BCUT2D eigenvalue weighted by Gasteiger charge is 2.15. The van der Waals surface area contributed by atoms with E-state index in [1.165, 1.54) is 0 Å². The van der Waals surface area contributed by atoms with Crippen molar-refractivity contribution in [3.63, 3.8) is 0 Å². The number of carbonyl (C=O) groups is 1. The molecule has 1 aromatic carbocycles. The Hall–Kier alpha value is -2.27. The SMILES string of the molecule is COCCN(Cc1ccoc1)C(=O)COc1ccccc1C. The summed E-state index contributed by atoms with van der Waals surface area (Å²) < 4.78 is 15.7. The van der Waals surface area contributed by atoms with Gasteiger partial charge in [0.1, 0.15) is 5.75 Å². The zero-order valence-electron chi connectivity index (χ0n) is 13.0. The molecule has 1 aromatic heterocycles. The second-order valence-corrected chi connectivity index (χ2v) is 4.99. The molecule has 118 valence electrons. The Labute approximate surface area is 130 Å². The van der Waals surface area contributed by atoms with Gasteiger partial charge in [0.05, 0.1) is 19.1 Å². The molecular formula is C17H21NO4. The molecule has 0 atom stereocenters. The van der Waals surface area contributed by atoms with Gasteiger partial charge in [0.2, 0.25) is 0 Å². The van der Waals surface area contributed by atoms with E-state index >= 15 is 0 Å². The third kappa shape index (κ3) is 4.63. The number of hydrogen-bond donors (Lipinski definition) is 0. The fourth-order valence-electron chi connectivity index (χ4n) is 2.05. The number of para-hydroxylation sites is 1. The number of amides is 1. The first kappa shape index (κ1) is 16.1. The number of methoxy groups -OCH3 is 1. The van der Waals surface area contributed by atoms with Crippen LogP contribution in [0.2, 0.25) is 0 Å². The van der Waals surface area contributed by atoms with Gasteiger partial charge in [0.15, 0.2) is 6.61 Å². The van der Waals surface area contributed by atoms with E-state index in [1.54, 1.807) is 24.5 Å². The van der Waals surface area contributed by atoms with Crippen LogP contribution in [0, 0.1) is 6.92 Å². The van der Waals surface area contributed by atoms with Gasteiger partial charge in [-0.1, -0.05) is 18.2 Å². The molecular weight excluding hydrogens is 282 g/mol. The minimum atomic E-state index is -0.0819. The largest absolute Gasteiger partial charge is 0.484 e. The van der Waals surface area contributed by atoms with E-state index < -0.39 is 0 Å². The first-order chi connectivity index (χ1) is 10.7. The predicted octanol–water partition coefficient (Wildman–Crippen LogP) is 2.64. The van der Waals surface area contributed by atoms with Crippen molar-refractivity contribution < 1.29 is 18.7 Å². The summed E-state index contributed by atoms with van der Waals surface area (Å²) in [5, 5.41) is 0. The molecule has 0 aliphatic rings. The van der Waals surface area contributed by atoms with E-state index in [2.05, 4.69) is 0 Å². The van der Waals surface area contributed by atoms with Gasteiger partial charge in [-0.15, -0.1) is 0 Å². The van der Waals surface area contributed by atoms with Crippen LogP contribution < -0.4 is 4.74 Å². The standard InChI is InChI=1S/C17H21NO4/c1-14-5-3-4-6-16(14)22-13-17(19)18(8-10-20-2)11-15-7-9-21-12-15/h3-7,9,12H,8,10-11,13H2,1-2H3. The Morgan fingerprint density at radius 1 is 1.27 bits per heavy atom. The van der Waals surface area contributed by atoms with Crippen molar-refractivity contribution in [3.05, 3.63) is 54.0 Å². The lowest BCUT2D eigenvalue weighted by atomic mass is 10.2. The summed E-state index contributed by atoms with van der Waals surface area (Å²) in [7, 11) is 1.62. The summed E-state index contributed by atoms with van der Waals surface area (Å²) in [5.74, 6) is 0.646. The number of nitrogens with zero attached hydrogens (tertiary/aromatic N) is 1. The van der Waals surface area contributed by atoms with Gasteiger partial charge >= 0.3 is 0 Å². The molecule has 0 saturated carbocycles. The summed E-state index contributed by atoms with van der Waals surface area (Å²) in [6, 6.07) is 9.48. The van der Waals surface area contributed by atoms with Crippen LogP contribution in [0.3, 0.4) is 0 Å². The lowest BCUT2D eigenvalue weighted by Crippen LogP contribution is -2.36. The molecule has 0 saturated heterocycles. The molecule has 2 rings (SSSR count). The van der Waals surface area contributed by atoms with Crippen molar-refractivity contribution in [2.45, 2.75) is 13.5 Å². The molecule has 2 aromatic rings. The summed E-state index contributed by atoms with van der Waals surface area (Å²) in [5.41, 5.74) is 1.95. The fourth-order valence-corrected chi connectivity index (χ4v) is 2.05. The van der Waals surface area contributed by atoms with Crippen LogP contribution in [0.25, 0.3) is 0 Å². The molecule has 0 aliphatic heterocycles. The predicted molar refractivity (Wildman–Crippen MR) is 82.7 cm³/mol. The Morgan fingerprint density at radius 2 is 2.09 bits per heavy atom. The fraction of sp³-hybridized carbons (Fsp3) is 0.353. The Kier molecular flexibility index (Phi) is 6.03. The van der Waals surface area contributed by atoms with Gasteiger partial charge in [-0.2, -0.15) is 0 Å². The van der Waals surface area contributed by atoms with Gasteiger partial charge in [-0.3, -0.25) is 4.79 Å². The van der Waals surface area contributed by atoms with Crippen LogP contribution in [0.4, 0.5) is 0 Å². The molecule has 0 spiro atoms. The molecule has 1 amide bonds. The average Bonchev–Trinajstić information content (AvgIpc) is 3.03. The number of ether oxygens (including phenoxy) is 2. The second-order valence-electron chi connectivity index (χ2n) is 4.99. The number of carbonyl (C=O) groups excluding carboxylic acids is 1. The molecule has 0 N–H and O–H groups in total. The van der Waals surface area contributed by atoms with Crippen molar-refractivity contribution in [3.8, 4) is 5.75 Å². The Balaban J connectivity index is 1.94. The van der Waals surface area contributed by atoms with Crippen molar-refractivity contribution in [2.24, 2.45) is 0 Å². The molecule has 0 radical (unpaired) electrons. The number of rotatable bonds is 8. The number of benzene rings is 1. The van der Waals surface area contributed by atoms with Crippen molar-refractivity contribution in [1.82, 2.24) is 4.90 Å². The van der Waals surface area contributed by atoms with E-state index in [-0.39, 0.29) is 12.5 Å².